The molecule has 1 aromatic carbocycles. The van der Waals surface area contributed by atoms with Gasteiger partial charge in [-0.1, -0.05) is 12.1 Å². The second kappa shape index (κ2) is 6.33. The van der Waals surface area contributed by atoms with E-state index >= 15 is 0 Å². The van der Waals surface area contributed by atoms with Gasteiger partial charge in [-0.2, -0.15) is 0 Å². The van der Waals surface area contributed by atoms with E-state index in [-0.39, 0.29) is 29.4 Å². The molecule has 9 nitrogen and oxygen atoms in total. The van der Waals surface area contributed by atoms with E-state index in [2.05, 4.69) is 9.97 Å². The molecule has 1 aliphatic carbocycles. The van der Waals surface area contributed by atoms with Crippen LogP contribution >= 0.6 is 0 Å². The number of carbonyl (C=O) groups excluding carboxylic acids is 1. The molecule has 0 bridgehead atoms. The van der Waals surface area contributed by atoms with Crippen LogP contribution in [0.1, 0.15) is 30.5 Å². The summed E-state index contributed by atoms with van der Waals surface area (Å²) in [5.41, 5.74) is 8.00. The number of rotatable bonds is 2. The third kappa shape index (κ3) is 2.76. The van der Waals surface area contributed by atoms with Crippen LogP contribution in [-0.2, 0) is 23.2 Å². The summed E-state index contributed by atoms with van der Waals surface area (Å²) in [4.78, 5) is 45.9. The molecule has 150 valence electrons. The number of amides is 1. The molecule has 0 saturated carbocycles. The Morgan fingerprint density at radius 1 is 1.21 bits per heavy atom. The lowest BCUT2D eigenvalue weighted by Crippen LogP contribution is -2.46. The van der Waals surface area contributed by atoms with Gasteiger partial charge < -0.3 is 15.1 Å². The Morgan fingerprint density at radius 2 is 1.97 bits per heavy atom. The average molecular weight is 395 g/mol. The highest BCUT2D eigenvalue weighted by atomic mass is 16.4. The molecule has 1 fully saturated rings. The highest BCUT2D eigenvalue weighted by Gasteiger charge is 2.44. The molecule has 3 heterocycles. The summed E-state index contributed by atoms with van der Waals surface area (Å²) < 4.78 is 6.58. The zero-order valence-electron chi connectivity index (χ0n) is 15.8. The van der Waals surface area contributed by atoms with E-state index in [4.69, 9.17) is 10.2 Å². The van der Waals surface area contributed by atoms with Crippen LogP contribution in [0, 0.1) is 0 Å². The van der Waals surface area contributed by atoms with Crippen LogP contribution in [0.2, 0.25) is 0 Å². The van der Waals surface area contributed by atoms with Crippen molar-refractivity contribution in [2.45, 2.75) is 37.6 Å². The Kier molecular flexibility index (Phi) is 3.87. The van der Waals surface area contributed by atoms with Gasteiger partial charge in [-0.05, 0) is 37.8 Å². The van der Waals surface area contributed by atoms with Gasteiger partial charge in [0.05, 0.1) is 11.2 Å². The lowest BCUT2D eigenvalue weighted by Gasteiger charge is -2.39. The summed E-state index contributed by atoms with van der Waals surface area (Å²) in [5, 5.41) is 0. The molecule has 0 atom stereocenters. The number of aromatic nitrogens is 3. The van der Waals surface area contributed by atoms with Gasteiger partial charge in [0.2, 0.25) is 11.9 Å². The molecular weight excluding hydrogens is 374 g/mol. The number of fused-ring (bicyclic) bond motifs is 3. The molecule has 1 spiro atoms. The highest BCUT2D eigenvalue weighted by molar-refractivity contribution is 5.79. The first-order valence-corrected chi connectivity index (χ1v) is 9.72. The van der Waals surface area contributed by atoms with Crippen LogP contribution in [0.15, 0.2) is 38.3 Å². The van der Waals surface area contributed by atoms with Gasteiger partial charge in [0.25, 0.3) is 5.56 Å². The number of hydrogen-bond donors (Lipinski definition) is 2. The number of nitrogen functional groups attached to an aromatic ring is 1. The molecule has 0 unspecified atom stereocenters. The van der Waals surface area contributed by atoms with E-state index in [9.17, 15) is 14.4 Å². The van der Waals surface area contributed by atoms with Crippen molar-refractivity contribution in [3.05, 3.63) is 56.4 Å². The van der Waals surface area contributed by atoms with E-state index in [0.717, 1.165) is 30.5 Å². The van der Waals surface area contributed by atoms with Crippen molar-refractivity contribution in [3.8, 4) is 0 Å². The minimum absolute atomic E-state index is 0.0513. The molecular formula is C20H21N5O4. The Bertz CT molecular complexity index is 1230. The fourth-order valence-corrected chi connectivity index (χ4v) is 4.74. The van der Waals surface area contributed by atoms with Crippen LogP contribution in [0.5, 0.6) is 0 Å². The topological polar surface area (TPSA) is 127 Å². The monoisotopic (exact) mass is 395 g/mol. The number of nitrogens with zero attached hydrogens (tertiary/aromatic N) is 3. The van der Waals surface area contributed by atoms with Gasteiger partial charge in [-0.15, -0.1) is 0 Å². The Morgan fingerprint density at radius 3 is 2.76 bits per heavy atom. The number of oxazole rings is 1. The van der Waals surface area contributed by atoms with E-state index in [0.29, 0.717) is 30.6 Å². The van der Waals surface area contributed by atoms with Gasteiger partial charge >= 0.3 is 5.76 Å². The molecule has 2 aromatic heterocycles. The fraction of sp³-hybridized carbons (Fsp3) is 0.400. The molecule has 0 radical (unpaired) electrons. The normalized spacial score (nSPS) is 17.7. The van der Waals surface area contributed by atoms with E-state index in [1.165, 1.54) is 4.57 Å². The van der Waals surface area contributed by atoms with Gasteiger partial charge in [0.1, 0.15) is 6.54 Å². The summed E-state index contributed by atoms with van der Waals surface area (Å²) in [5.74, 6) is -0.513. The number of H-pyrrole nitrogens is 1. The number of nitrogens with two attached hydrogens (primary N) is 1. The molecule has 3 N–H and O–H groups in total. The average Bonchev–Trinajstić information content (AvgIpc) is 3.21. The van der Waals surface area contributed by atoms with Gasteiger partial charge in [-0.25, -0.2) is 9.78 Å². The van der Waals surface area contributed by atoms with Crippen LogP contribution in [0.25, 0.3) is 11.1 Å². The zero-order chi connectivity index (χ0) is 20.2. The number of anilines is 1. The fourth-order valence-electron chi connectivity index (χ4n) is 4.74. The van der Waals surface area contributed by atoms with E-state index in [1.807, 2.05) is 0 Å². The molecule has 1 saturated heterocycles. The maximum atomic E-state index is 12.9. The van der Waals surface area contributed by atoms with Crippen LogP contribution in [0.3, 0.4) is 0 Å². The number of likely N-dealkylation sites (tertiary alicyclic amines) is 1. The maximum absolute atomic E-state index is 12.9. The first kappa shape index (κ1) is 17.7. The number of aromatic amines is 1. The van der Waals surface area contributed by atoms with Crippen LogP contribution < -0.4 is 17.0 Å². The first-order valence-electron chi connectivity index (χ1n) is 9.72. The summed E-state index contributed by atoms with van der Waals surface area (Å²) >= 11 is 0. The Balaban J connectivity index is 1.34. The van der Waals surface area contributed by atoms with Crippen molar-refractivity contribution in [2.24, 2.45) is 0 Å². The van der Waals surface area contributed by atoms with Crippen molar-refractivity contribution in [1.82, 2.24) is 19.4 Å². The number of piperidine rings is 1. The molecule has 5 rings (SSSR count). The SMILES string of the molecule is Nc1nc2c(c(=O)[nH]1)CCC21CCN(C(=O)Cn2c(=O)oc3ccccc32)CC1. The molecule has 1 amide bonds. The van der Waals surface area contributed by atoms with E-state index in [1.54, 1.807) is 29.2 Å². The first-order chi connectivity index (χ1) is 14.0. The quantitative estimate of drug-likeness (QED) is 0.660. The number of para-hydroxylation sites is 2. The number of nitrogens with one attached hydrogen (secondary N) is 1. The summed E-state index contributed by atoms with van der Waals surface area (Å²) in [6, 6.07) is 7.07. The van der Waals surface area contributed by atoms with Gasteiger partial charge in [0, 0.05) is 24.1 Å². The van der Waals surface area contributed by atoms with Crippen molar-refractivity contribution >= 4 is 23.0 Å². The molecule has 29 heavy (non-hydrogen) atoms. The standard InChI is InChI=1S/C20H21N5O4/c21-18-22-16-12(17(27)23-18)5-6-20(16)7-9-24(10-8-20)15(26)11-25-13-3-1-2-4-14(13)29-19(25)28/h1-4H,5-11H2,(H3,21,22,23,27). The van der Waals surface area contributed by atoms with Crippen LogP contribution in [-0.4, -0.2) is 38.4 Å². The number of benzene rings is 1. The molecule has 2 aliphatic rings. The number of hydrogen-bond acceptors (Lipinski definition) is 6. The molecule has 1 aliphatic heterocycles. The zero-order valence-corrected chi connectivity index (χ0v) is 15.8. The maximum Gasteiger partial charge on any atom is 0.420 e. The lowest BCUT2D eigenvalue weighted by molar-refractivity contribution is -0.133. The van der Waals surface area contributed by atoms with Crippen LogP contribution in [0.4, 0.5) is 5.95 Å². The molecule has 9 heteroatoms. The third-order valence-electron chi connectivity index (χ3n) is 6.33. The second-order valence-corrected chi connectivity index (χ2v) is 7.86. The van der Waals surface area contributed by atoms with Crippen molar-refractivity contribution in [2.75, 3.05) is 18.8 Å². The Labute approximate surface area is 165 Å². The summed E-state index contributed by atoms with van der Waals surface area (Å²) in [7, 11) is 0. The number of carbonyl (C=O) groups is 1. The third-order valence-corrected chi connectivity index (χ3v) is 6.33. The van der Waals surface area contributed by atoms with Gasteiger partial charge in [0.15, 0.2) is 5.58 Å². The smallest absolute Gasteiger partial charge is 0.408 e. The lowest BCUT2D eigenvalue weighted by atomic mass is 9.76. The second-order valence-electron chi connectivity index (χ2n) is 7.86. The molecule has 3 aromatic rings. The predicted octanol–water partition coefficient (Wildman–Crippen LogP) is 0.767. The predicted molar refractivity (Wildman–Crippen MR) is 106 cm³/mol. The highest BCUT2D eigenvalue weighted by Crippen LogP contribution is 2.44. The minimum Gasteiger partial charge on any atom is -0.408 e. The van der Waals surface area contributed by atoms with E-state index < -0.39 is 5.76 Å². The summed E-state index contributed by atoms with van der Waals surface area (Å²) in [6.45, 7) is 1.05. The largest absolute Gasteiger partial charge is 0.420 e. The van der Waals surface area contributed by atoms with Crippen molar-refractivity contribution < 1.29 is 9.21 Å². The minimum atomic E-state index is -0.531. The van der Waals surface area contributed by atoms with Crippen molar-refractivity contribution in [1.29, 1.82) is 0 Å². The van der Waals surface area contributed by atoms with Crippen molar-refractivity contribution in [3.63, 3.8) is 0 Å². The van der Waals surface area contributed by atoms with Gasteiger partial charge in [-0.3, -0.25) is 19.1 Å². The Hall–Kier alpha value is -3.36. The summed E-state index contributed by atoms with van der Waals surface area (Å²) in [6.07, 6.45) is 2.98.